The van der Waals surface area contributed by atoms with E-state index in [1.54, 1.807) is 18.2 Å². The quantitative estimate of drug-likeness (QED) is 0.893. The van der Waals surface area contributed by atoms with Gasteiger partial charge in [0.05, 0.1) is 0 Å². The van der Waals surface area contributed by atoms with Gasteiger partial charge in [-0.05, 0) is 43.5 Å². The predicted octanol–water partition coefficient (Wildman–Crippen LogP) is 3.70. The second-order valence-electron chi connectivity index (χ2n) is 6.49. The maximum absolute atomic E-state index is 12.4. The van der Waals surface area contributed by atoms with Crippen LogP contribution in [-0.2, 0) is 0 Å². The van der Waals surface area contributed by atoms with E-state index >= 15 is 0 Å². The monoisotopic (exact) mass is 337 g/mol. The molecular formula is C20H23N3O2. The summed E-state index contributed by atoms with van der Waals surface area (Å²) in [5.74, 6) is -0.529. The van der Waals surface area contributed by atoms with E-state index < -0.39 is 0 Å². The van der Waals surface area contributed by atoms with Gasteiger partial charge in [0.15, 0.2) is 0 Å². The summed E-state index contributed by atoms with van der Waals surface area (Å²) in [5, 5.41) is 5.87. The number of anilines is 1. The number of nitrogens with zero attached hydrogens (tertiary/aromatic N) is 1. The van der Waals surface area contributed by atoms with E-state index in [2.05, 4.69) is 15.6 Å². The molecule has 1 aliphatic rings. The number of hydrogen-bond acceptors (Lipinski definition) is 3. The Balaban J connectivity index is 1.69. The van der Waals surface area contributed by atoms with Crippen molar-refractivity contribution in [2.24, 2.45) is 0 Å². The van der Waals surface area contributed by atoms with Gasteiger partial charge in [0.25, 0.3) is 11.8 Å². The summed E-state index contributed by atoms with van der Waals surface area (Å²) in [7, 11) is 0. The van der Waals surface area contributed by atoms with Crippen LogP contribution in [0.15, 0.2) is 42.5 Å². The number of pyridine rings is 1. The van der Waals surface area contributed by atoms with Gasteiger partial charge in [-0.2, -0.15) is 0 Å². The lowest BCUT2D eigenvalue weighted by molar-refractivity contribution is 0.0922. The van der Waals surface area contributed by atoms with Gasteiger partial charge in [-0.3, -0.25) is 9.59 Å². The van der Waals surface area contributed by atoms with E-state index in [1.807, 2.05) is 31.2 Å². The third kappa shape index (κ3) is 4.44. The Labute approximate surface area is 147 Å². The first-order valence-electron chi connectivity index (χ1n) is 8.78. The van der Waals surface area contributed by atoms with Crippen LogP contribution in [0.2, 0.25) is 0 Å². The molecule has 2 N–H and O–H groups in total. The lowest BCUT2D eigenvalue weighted by atomic mass is 9.95. The Bertz CT molecular complexity index is 767. The average Bonchev–Trinajstić information content (AvgIpc) is 2.64. The van der Waals surface area contributed by atoms with Crippen LogP contribution in [0, 0.1) is 6.92 Å². The van der Waals surface area contributed by atoms with Crippen LogP contribution in [0.1, 0.15) is 58.6 Å². The number of hydrogen-bond donors (Lipinski definition) is 2. The van der Waals surface area contributed by atoms with E-state index in [4.69, 9.17) is 0 Å². The van der Waals surface area contributed by atoms with Gasteiger partial charge < -0.3 is 10.6 Å². The third-order valence-corrected chi connectivity index (χ3v) is 4.55. The topological polar surface area (TPSA) is 71.1 Å². The van der Waals surface area contributed by atoms with Gasteiger partial charge in [-0.15, -0.1) is 0 Å². The highest BCUT2D eigenvalue weighted by Gasteiger charge is 2.18. The van der Waals surface area contributed by atoms with Crippen molar-refractivity contribution in [1.82, 2.24) is 10.3 Å². The van der Waals surface area contributed by atoms with Crippen molar-refractivity contribution in [3.8, 4) is 0 Å². The summed E-state index contributed by atoms with van der Waals surface area (Å²) < 4.78 is 0. The summed E-state index contributed by atoms with van der Waals surface area (Å²) in [4.78, 5) is 29.1. The van der Waals surface area contributed by atoms with Gasteiger partial charge in [0.2, 0.25) is 0 Å². The number of aryl methyl sites for hydroxylation is 1. The molecule has 0 spiro atoms. The van der Waals surface area contributed by atoms with Gasteiger partial charge in [0.1, 0.15) is 11.4 Å². The summed E-state index contributed by atoms with van der Waals surface area (Å²) in [5.41, 5.74) is 2.23. The van der Waals surface area contributed by atoms with E-state index in [0.717, 1.165) is 36.9 Å². The molecule has 0 radical (unpaired) electrons. The highest BCUT2D eigenvalue weighted by Crippen LogP contribution is 2.18. The Morgan fingerprint density at radius 1 is 0.920 bits per heavy atom. The van der Waals surface area contributed by atoms with Crippen LogP contribution >= 0.6 is 0 Å². The minimum atomic E-state index is -0.318. The summed E-state index contributed by atoms with van der Waals surface area (Å²) in [6.07, 6.45) is 5.56. The minimum Gasteiger partial charge on any atom is -0.348 e. The summed E-state index contributed by atoms with van der Waals surface area (Å²) in [6, 6.07) is 12.7. The molecule has 2 amide bonds. The average molecular weight is 337 g/mol. The SMILES string of the molecule is Cc1ccccc1NC(=O)c1cccc(C(=O)NC2CCCCC2)n1. The smallest absolute Gasteiger partial charge is 0.274 e. The summed E-state index contributed by atoms with van der Waals surface area (Å²) >= 11 is 0. The zero-order chi connectivity index (χ0) is 17.6. The van der Waals surface area contributed by atoms with E-state index in [-0.39, 0.29) is 29.2 Å². The molecule has 0 aliphatic heterocycles. The molecule has 25 heavy (non-hydrogen) atoms. The molecule has 1 fully saturated rings. The standard InChI is InChI=1S/C20H23N3O2/c1-14-8-5-6-11-16(14)23-20(25)18-13-7-12-17(22-18)19(24)21-15-9-3-2-4-10-15/h5-8,11-13,15H,2-4,9-10H2,1H3,(H,21,24)(H,23,25). The predicted molar refractivity (Wildman–Crippen MR) is 97.7 cm³/mol. The third-order valence-electron chi connectivity index (χ3n) is 4.55. The van der Waals surface area contributed by atoms with Crippen LogP contribution in [0.5, 0.6) is 0 Å². The Kier molecular flexibility index (Phi) is 5.43. The highest BCUT2D eigenvalue weighted by atomic mass is 16.2. The molecule has 1 heterocycles. The van der Waals surface area contributed by atoms with E-state index in [0.29, 0.717) is 0 Å². The number of benzene rings is 1. The fourth-order valence-electron chi connectivity index (χ4n) is 3.09. The van der Waals surface area contributed by atoms with Crippen LogP contribution in [0.4, 0.5) is 5.69 Å². The van der Waals surface area contributed by atoms with Crippen molar-refractivity contribution in [2.75, 3.05) is 5.32 Å². The Morgan fingerprint density at radius 2 is 1.60 bits per heavy atom. The van der Waals surface area contributed by atoms with Crippen molar-refractivity contribution < 1.29 is 9.59 Å². The van der Waals surface area contributed by atoms with Crippen molar-refractivity contribution >= 4 is 17.5 Å². The molecule has 2 aromatic rings. The van der Waals surface area contributed by atoms with Crippen molar-refractivity contribution in [2.45, 2.75) is 45.1 Å². The Morgan fingerprint density at radius 3 is 2.32 bits per heavy atom. The molecule has 130 valence electrons. The first-order chi connectivity index (χ1) is 12.1. The molecule has 0 unspecified atom stereocenters. The molecule has 1 aromatic heterocycles. The van der Waals surface area contributed by atoms with E-state index in [1.165, 1.54) is 6.42 Å². The maximum atomic E-state index is 12.4. The van der Waals surface area contributed by atoms with Crippen LogP contribution < -0.4 is 10.6 Å². The normalized spacial score (nSPS) is 14.8. The van der Waals surface area contributed by atoms with Crippen molar-refractivity contribution in [3.63, 3.8) is 0 Å². The largest absolute Gasteiger partial charge is 0.348 e. The van der Waals surface area contributed by atoms with Crippen LogP contribution in [0.3, 0.4) is 0 Å². The second-order valence-corrected chi connectivity index (χ2v) is 6.49. The van der Waals surface area contributed by atoms with Gasteiger partial charge >= 0.3 is 0 Å². The molecule has 0 atom stereocenters. The number of aromatic nitrogens is 1. The maximum Gasteiger partial charge on any atom is 0.274 e. The minimum absolute atomic E-state index is 0.211. The lowest BCUT2D eigenvalue weighted by Crippen LogP contribution is -2.36. The molecule has 5 nitrogen and oxygen atoms in total. The highest BCUT2D eigenvalue weighted by molar-refractivity contribution is 6.04. The molecule has 1 aromatic carbocycles. The number of rotatable bonds is 4. The molecule has 5 heteroatoms. The van der Waals surface area contributed by atoms with Gasteiger partial charge in [-0.25, -0.2) is 4.98 Å². The van der Waals surface area contributed by atoms with Crippen LogP contribution in [0.25, 0.3) is 0 Å². The molecule has 1 aliphatic carbocycles. The van der Waals surface area contributed by atoms with Crippen LogP contribution in [-0.4, -0.2) is 22.8 Å². The number of amides is 2. The number of para-hydroxylation sites is 1. The Hall–Kier alpha value is -2.69. The zero-order valence-electron chi connectivity index (χ0n) is 14.4. The number of carbonyl (C=O) groups is 2. The van der Waals surface area contributed by atoms with Crippen molar-refractivity contribution in [1.29, 1.82) is 0 Å². The summed E-state index contributed by atoms with van der Waals surface area (Å²) in [6.45, 7) is 1.93. The van der Waals surface area contributed by atoms with Crippen molar-refractivity contribution in [3.05, 3.63) is 59.4 Å². The molecule has 3 rings (SSSR count). The number of carbonyl (C=O) groups excluding carboxylic acids is 2. The van der Waals surface area contributed by atoms with Gasteiger partial charge in [-0.1, -0.05) is 43.5 Å². The molecule has 0 bridgehead atoms. The first-order valence-corrected chi connectivity index (χ1v) is 8.78. The fraction of sp³-hybridized carbons (Fsp3) is 0.350. The van der Waals surface area contributed by atoms with E-state index in [9.17, 15) is 9.59 Å². The molecule has 1 saturated carbocycles. The zero-order valence-corrected chi connectivity index (χ0v) is 14.4. The number of nitrogens with one attached hydrogen (secondary N) is 2. The second kappa shape index (κ2) is 7.92. The fourth-order valence-corrected chi connectivity index (χ4v) is 3.09. The first kappa shape index (κ1) is 17.1. The molecule has 0 saturated heterocycles. The van der Waals surface area contributed by atoms with Gasteiger partial charge in [0, 0.05) is 11.7 Å². The molecular weight excluding hydrogens is 314 g/mol. The lowest BCUT2D eigenvalue weighted by Gasteiger charge is -2.22.